The molecule has 1 aliphatic rings. The van der Waals surface area contributed by atoms with Crippen molar-refractivity contribution in [2.45, 2.75) is 32.6 Å². The van der Waals surface area contributed by atoms with E-state index in [2.05, 4.69) is 10.3 Å². The van der Waals surface area contributed by atoms with Gasteiger partial charge in [0.05, 0.1) is 13.2 Å². The lowest BCUT2D eigenvalue weighted by Crippen LogP contribution is -2.25. The van der Waals surface area contributed by atoms with Crippen LogP contribution in [0.15, 0.2) is 54.9 Å². The molecule has 0 saturated heterocycles. The number of aromatic nitrogens is 1. The SMILES string of the molecule is C[C@@H]1/C=C\C(=O)CCC/C=C/c2cc(OCCCNC(=O)c3ccncc3)cc(O)c2C(=O)OC1. The smallest absolute Gasteiger partial charge is 0.342 e. The van der Waals surface area contributed by atoms with E-state index in [0.29, 0.717) is 55.7 Å². The van der Waals surface area contributed by atoms with Gasteiger partial charge in [0.15, 0.2) is 5.78 Å². The summed E-state index contributed by atoms with van der Waals surface area (Å²) in [5.41, 5.74) is 1.08. The Bertz CT molecular complexity index is 1090. The van der Waals surface area contributed by atoms with Crippen LogP contribution in [-0.2, 0) is 9.53 Å². The van der Waals surface area contributed by atoms with Crippen LogP contribution in [-0.4, -0.2) is 47.5 Å². The highest BCUT2D eigenvalue weighted by molar-refractivity contribution is 5.97. The van der Waals surface area contributed by atoms with Crippen LogP contribution in [0.1, 0.15) is 58.9 Å². The number of rotatable bonds is 6. The van der Waals surface area contributed by atoms with Gasteiger partial charge in [-0.05, 0) is 49.1 Å². The lowest BCUT2D eigenvalue weighted by atomic mass is 10.0. The largest absolute Gasteiger partial charge is 0.507 e. The van der Waals surface area contributed by atoms with Crippen molar-refractivity contribution in [3.05, 3.63) is 71.6 Å². The van der Waals surface area contributed by atoms with Gasteiger partial charge in [-0.15, -0.1) is 0 Å². The van der Waals surface area contributed by atoms with Crippen LogP contribution in [0.3, 0.4) is 0 Å². The second-order valence-electron chi connectivity index (χ2n) is 8.30. The minimum atomic E-state index is -0.642. The van der Waals surface area contributed by atoms with E-state index < -0.39 is 5.97 Å². The number of ether oxygens (including phenoxy) is 2. The van der Waals surface area contributed by atoms with Crippen LogP contribution in [0.5, 0.6) is 11.5 Å². The number of carbonyl (C=O) groups is 3. The Morgan fingerprint density at radius 1 is 1.23 bits per heavy atom. The zero-order valence-corrected chi connectivity index (χ0v) is 19.7. The number of esters is 1. The molecule has 3 rings (SSSR count). The summed E-state index contributed by atoms with van der Waals surface area (Å²) in [5, 5.41) is 13.4. The topological polar surface area (TPSA) is 115 Å². The van der Waals surface area contributed by atoms with Gasteiger partial charge in [0.25, 0.3) is 5.91 Å². The van der Waals surface area contributed by atoms with Gasteiger partial charge in [-0.3, -0.25) is 14.6 Å². The highest BCUT2D eigenvalue weighted by atomic mass is 16.5. The number of cyclic esters (lactones) is 1. The van der Waals surface area contributed by atoms with E-state index in [1.165, 1.54) is 12.1 Å². The Morgan fingerprint density at radius 2 is 2.03 bits per heavy atom. The maximum atomic E-state index is 12.7. The molecular weight excluding hydrogens is 448 g/mol. The second kappa shape index (κ2) is 13.1. The van der Waals surface area contributed by atoms with Crippen molar-refractivity contribution in [3.8, 4) is 11.5 Å². The molecule has 0 aliphatic carbocycles. The number of amides is 1. The number of nitrogens with one attached hydrogen (secondary N) is 1. The molecule has 0 spiro atoms. The van der Waals surface area contributed by atoms with Crippen LogP contribution < -0.4 is 10.1 Å². The van der Waals surface area contributed by atoms with Crippen molar-refractivity contribution in [1.29, 1.82) is 0 Å². The molecule has 1 atom stereocenters. The van der Waals surface area contributed by atoms with E-state index in [0.717, 1.165) is 0 Å². The van der Waals surface area contributed by atoms with Gasteiger partial charge >= 0.3 is 5.97 Å². The molecule has 1 aromatic heterocycles. The normalized spacial score (nSPS) is 18.5. The Morgan fingerprint density at radius 3 is 2.83 bits per heavy atom. The fourth-order valence-electron chi connectivity index (χ4n) is 3.42. The summed E-state index contributed by atoms with van der Waals surface area (Å²) in [6.45, 7) is 2.65. The third-order valence-electron chi connectivity index (χ3n) is 5.32. The maximum Gasteiger partial charge on any atom is 0.342 e. The molecular formula is C27H30N2O6. The van der Waals surface area contributed by atoms with Gasteiger partial charge in [-0.25, -0.2) is 4.79 Å². The lowest BCUT2D eigenvalue weighted by Gasteiger charge is -2.14. The van der Waals surface area contributed by atoms with Crippen LogP contribution in [0.4, 0.5) is 0 Å². The van der Waals surface area contributed by atoms with Gasteiger partial charge in [-0.2, -0.15) is 0 Å². The van der Waals surface area contributed by atoms with Crippen molar-refractivity contribution in [3.63, 3.8) is 0 Å². The molecule has 0 saturated carbocycles. The standard InChI is InChI=1S/C27H30N2O6/c1-19-8-9-22(30)7-4-2-3-6-21-16-23(17-24(31)25(21)27(33)35-18-19)34-15-5-12-29-26(32)20-10-13-28-14-11-20/h3,6,8-11,13-14,16-17,19,31H,2,4-5,7,12,15,18H2,1H3,(H,29,32)/b6-3+,9-8-/t19-/m1/s1. The van der Waals surface area contributed by atoms with Gasteiger partial charge in [-0.1, -0.05) is 25.2 Å². The first kappa shape index (κ1) is 25.7. The monoisotopic (exact) mass is 478 g/mol. The summed E-state index contributed by atoms with van der Waals surface area (Å²) in [7, 11) is 0. The predicted molar refractivity (Wildman–Crippen MR) is 131 cm³/mol. The number of carbonyl (C=O) groups excluding carboxylic acids is 3. The molecule has 184 valence electrons. The molecule has 1 aliphatic heterocycles. The third kappa shape index (κ3) is 8.10. The first-order valence-corrected chi connectivity index (χ1v) is 11.7. The third-order valence-corrected chi connectivity index (χ3v) is 5.32. The number of hydrogen-bond acceptors (Lipinski definition) is 7. The fraction of sp³-hybridized carbons (Fsp3) is 0.333. The summed E-state index contributed by atoms with van der Waals surface area (Å²) in [5.74, 6) is -0.758. The van der Waals surface area contributed by atoms with Crippen molar-refractivity contribution in [2.75, 3.05) is 19.8 Å². The van der Waals surface area contributed by atoms with Crippen LogP contribution >= 0.6 is 0 Å². The summed E-state index contributed by atoms with van der Waals surface area (Å²) in [6, 6.07) is 6.33. The predicted octanol–water partition coefficient (Wildman–Crippen LogP) is 4.10. The van der Waals surface area contributed by atoms with E-state index in [1.54, 1.807) is 42.7 Å². The minimum Gasteiger partial charge on any atom is -0.507 e. The van der Waals surface area contributed by atoms with Gasteiger partial charge in [0, 0.05) is 42.9 Å². The quantitative estimate of drug-likeness (QED) is 0.474. The van der Waals surface area contributed by atoms with Gasteiger partial charge in [0.1, 0.15) is 17.1 Å². The number of phenolic OH excluding ortho intramolecular Hbond substituents is 1. The minimum absolute atomic E-state index is 0.0410. The maximum absolute atomic E-state index is 12.7. The molecule has 8 heteroatoms. The second-order valence-corrected chi connectivity index (χ2v) is 8.30. The highest BCUT2D eigenvalue weighted by Crippen LogP contribution is 2.30. The molecule has 2 heterocycles. The molecule has 2 N–H and O–H groups in total. The molecule has 0 fully saturated rings. The number of phenols is 1. The molecule has 0 radical (unpaired) electrons. The Kier molecular flexibility index (Phi) is 9.59. The summed E-state index contributed by atoms with van der Waals surface area (Å²) in [6.07, 6.45) is 12.3. The Balaban J connectivity index is 1.63. The van der Waals surface area contributed by atoms with E-state index >= 15 is 0 Å². The number of nitrogens with zero attached hydrogens (tertiary/aromatic N) is 1. The van der Waals surface area contributed by atoms with Crippen molar-refractivity contribution in [1.82, 2.24) is 10.3 Å². The van der Waals surface area contributed by atoms with Crippen molar-refractivity contribution >= 4 is 23.7 Å². The molecule has 1 amide bonds. The lowest BCUT2D eigenvalue weighted by molar-refractivity contribution is -0.114. The van der Waals surface area contributed by atoms with Gasteiger partial charge in [0.2, 0.25) is 0 Å². The molecule has 0 bridgehead atoms. The van der Waals surface area contributed by atoms with Crippen LogP contribution in [0, 0.1) is 5.92 Å². The van der Waals surface area contributed by atoms with E-state index in [9.17, 15) is 19.5 Å². The van der Waals surface area contributed by atoms with Crippen molar-refractivity contribution < 1.29 is 29.0 Å². The van der Waals surface area contributed by atoms with Crippen LogP contribution in [0.25, 0.3) is 6.08 Å². The summed E-state index contributed by atoms with van der Waals surface area (Å²) >= 11 is 0. The Hall–Kier alpha value is -3.94. The molecule has 8 nitrogen and oxygen atoms in total. The number of hydrogen-bond donors (Lipinski definition) is 2. The zero-order chi connectivity index (χ0) is 25.0. The average molecular weight is 479 g/mol. The molecule has 0 unspecified atom stereocenters. The highest BCUT2D eigenvalue weighted by Gasteiger charge is 2.19. The van der Waals surface area contributed by atoms with Crippen molar-refractivity contribution in [2.24, 2.45) is 5.92 Å². The first-order valence-electron chi connectivity index (χ1n) is 11.7. The molecule has 1 aromatic carbocycles. The van der Waals surface area contributed by atoms with Crippen LogP contribution in [0.2, 0.25) is 0 Å². The molecule has 2 aromatic rings. The zero-order valence-electron chi connectivity index (χ0n) is 19.7. The molecule has 35 heavy (non-hydrogen) atoms. The van der Waals surface area contributed by atoms with E-state index in [4.69, 9.17) is 9.47 Å². The average Bonchev–Trinajstić information content (AvgIpc) is 2.85. The number of benzene rings is 1. The number of fused-ring (bicyclic) bond motifs is 1. The number of ketones is 1. The Labute approximate surface area is 204 Å². The fourth-order valence-corrected chi connectivity index (χ4v) is 3.42. The number of allylic oxidation sites excluding steroid dienone is 2. The summed E-state index contributed by atoms with van der Waals surface area (Å²) in [4.78, 5) is 40.6. The number of pyridine rings is 1. The first-order chi connectivity index (χ1) is 16.9. The van der Waals surface area contributed by atoms with E-state index in [-0.39, 0.29) is 35.5 Å². The number of aromatic hydroxyl groups is 1. The summed E-state index contributed by atoms with van der Waals surface area (Å²) < 4.78 is 11.1. The van der Waals surface area contributed by atoms with E-state index in [1.807, 2.05) is 13.0 Å². The van der Waals surface area contributed by atoms with Gasteiger partial charge < -0.3 is 19.9 Å².